The molecule has 5 rings (SSSR count). The lowest BCUT2D eigenvalue weighted by Gasteiger charge is -2.36. The fraction of sp³-hybridized carbons (Fsp3) is 0.217. The molecule has 8 heteroatoms. The number of rotatable bonds is 4. The van der Waals surface area contributed by atoms with Gasteiger partial charge in [0.2, 0.25) is 0 Å². The van der Waals surface area contributed by atoms with Gasteiger partial charge in [-0.05, 0) is 29.8 Å². The van der Waals surface area contributed by atoms with Crippen LogP contribution in [0.4, 0.5) is 5.69 Å². The number of hydrogen-bond acceptors (Lipinski definition) is 6. The molecule has 0 atom stereocenters. The monoisotopic (exact) mass is 452 g/mol. The molecule has 158 valence electrons. The summed E-state index contributed by atoms with van der Waals surface area (Å²) in [5.41, 5.74) is 2.59. The number of benzene rings is 2. The van der Waals surface area contributed by atoms with Crippen LogP contribution in [0.15, 0.2) is 58.7 Å². The summed E-state index contributed by atoms with van der Waals surface area (Å²) in [6.45, 7) is 3.87. The number of fused-ring (bicyclic) bond motifs is 1. The number of anilines is 1. The van der Waals surface area contributed by atoms with Crippen LogP contribution in [0.25, 0.3) is 21.3 Å². The zero-order valence-electron chi connectivity index (χ0n) is 16.7. The Morgan fingerprint density at radius 2 is 1.81 bits per heavy atom. The number of nitrogens with one attached hydrogen (secondary N) is 1. The van der Waals surface area contributed by atoms with Gasteiger partial charge in [-0.3, -0.25) is 9.69 Å². The molecule has 0 saturated carbocycles. The van der Waals surface area contributed by atoms with Gasteiger partial charge in [0.15, 0.2) is 0 Å². The number of aromatic hydroxyl groups is 1. The van der Waals surface area contributed by atoms with Crippen LogP contribution in [0, 0.1) is 0 Å². The van der Waals surface area contributed by atoms with Crippen LogP contribution in [0.3, 0.4) is 0 Å². The van der Waals surface area contributed by atoms with Crippen molar-refractivity contribution < 1.29 is 5.11 Å². The van der Waals surface area contributed by atoms with E-state index in [0.717, 1.165) is 47.8 Å². The number of aromatic nitrogens is 2. The summed E-state index contributed by atoms with van der Waals surface area (Å²) in [6, 6.07) is 14.9. The zero-order valence-corrected chi connectivity index (χ0v) is 18.3. The fourth-order valence-electron chi connectivity index (χ4n) is 4.00. The van der Waals surface area contributed by atoms with Crippen molar-refractivity contribution in [3.63, 3.8) is 0 Å². The maximum absolute atomic E-state index is 12.9. The van der Waals surface area contributed by atoms with Crippen molar-refractivity contribution in [2.75, 3.05) is 31.1 Å². The molecule has 31 heavy (non-hydrogen) atoms. The molecule has 6 nitrogen and oxygen atoms in total. The maximum Gasteiger partial charge on any atom is 0.260 e. The van der Waals surface area contributed by atoms with E-state index < -0.39 is 0 Å². The summed E-state index contributed by atoms with van der Waals surface area (Å²) in [5, 5.41) is 13.4. The van der Waals surface area contributed by atoms with Crippen molar-refractivity contribution in [2.24, 2.45) is 0 Å². The first-order chi connectivity index (χ1) is 15.1. The van der Waals surface area contributed by atoms with Crippen LogP contribution in [0.2, 0.25) is 5.02 Å². The van der Waals surface area contributed by atoms with Crippen molar-refractivity contribution in [3.8, 4) is 16.9 Å². The van der Waals surface area contributed by atoms with Gasteiger partial charge < -0.3 is 15.0 Å². The number of aromatic amines is 1. The Morgan fingerprint density at radius 1 is 1.06 bits per heavy atom. The molecule has 3 heterocycles. The third-order valence-electron chi connectivity index (χ3n) is 5.62. The molecule has 1 aliphatic heterocycles. The molecule has 2 aromatic carbocycles. The number of H-pyrrole nitrogens is 1. The van der Waals surface area contributed by atoms with Gasteiger partial charge >= 0.3 is 0 Å². The highest BCUT2D eigenvalue weighted by Crippen LogP contribution is 2.31. The van der Waals surface area contributed by atoms with Crippen LogP contribution in [-0.4, -0.2) is 46.2 Å². The quantitative estimate of drug-likeness (QED) is 0.482. The highest BCUT2D eigenvalue weighted by Gasteiger charge is 2.20. The number of thiophene rings is 1. The molecule has 0 amide bonds. The standard InChI is InChI=1S/C23H21ClN4O2S/c24-16-7-5-15(6-8-16)17-14-31-23-21(17)22(30)25-20(26-23)13-27-9-11-28(12-10-27)18-3-1-2-4-19(18)29/h1-8,14,29H,9-13H2,(H,25,26,30). The molecule has 1 fully saturated rings. The molecule has 0 spiro atoms. The number of phenols is 1. The average Bonchev–Trinajstić information content (AvgIpc) is 3.20. The highest BCUT2D eigenvalue weighted by molar-refractivity contribution is 7.17. The van der Waals surface area contributed by atoms with Gasteiger partial charge in [0, 0.05) is 42.1 Å². The number of hydrogen-bond donors (Lipinski definition) is 2. The van der Waals surface area contributed by atoms with Gasteiger partial charge in [-0.25, -0.2) is 4.98 Å². The first kappa shape index (κ1) is 20.1. The molecule has 2 aromatic heterocycles. The van der Waals surface area contributed by atoms with Gasteiger partial charge in [-0.15, -0.1) is 11.3 Å². The Kier molecular flexibility index (Phi) is 5.40. The lowest BCUT2D eigenvalue weighted by atomic mass is 10.1. The lowest BCUT2D eigenvalue weighted by Crippen LogP contribution is -2.46. The van der Waals surface area contributed by atoms with Gasteiger partial charge in [-0.1, -0.05) is 35.9 Å². The summed E-state index contributed by atoms with van der Waals surface area (Å²) in [7, 11) is 0. The minimum absolute atomic E-state index is 0.112. The van der Waals surface area contributed by atoms with Gasteiger partial charge in [0.25, 0.3) is 5.56 Å². The second-order valence-corrected chi connectivity index (χ2v) is 8.90. The van der Waals surface area contributed by atoms with Crippen LogP contribution < -0.4 is 10.5 Å². The van der Waals surface area contributed by atoms with Crippen molar-refractivity contribution in [1.82, 2.24) is 14.9 Å². The average molecular weight is 453 g/mol. The number of nitrogens with zero attached hydrogens (tertiary/aromatic N) is 3. The fourth-order valence-corrected chi connectivity index (χ4v) is 5.09. The van der Waals surface area contributed by atoms with E-state index in [1.807, 2.05) is 47.8 Å². The van der Waals surface area contributed by atoms with E-state index in [4.69, 9.17) is 16.6 Å². The Hall–Kier alpha value is -2.87. The number of phenolic OH excluding ortho intramolecular Hbond substituents is 1. The second kappa shape index (κ2) is 8.34. The van der Waals surface area contributed by atoms with E-state index in [1.54, 1.807) is 6.07 Å². The molecule has 1 aliphatic rings. The largest absolute Gasteiger partial charge is 0.506 e. The van der Waals surface area contributed by atoms with Crippen molar-refractivity contribution >= 4 is 38.8 Å². The summed E-state index contributed by atoms with van der Waals surface area (Å²) in [5.74, 6) is 0.986. The Bertz CT molecular complexity index is 1280. The Labute approximate surface area is 188 Å². The van der Waals surface area contributed by atoms with E-state index in [2.05, 4.69) is 14.8 Å². The summed E-state index contributed by atoms with van der Waals surface area (Å²) in [6.07, 6.45) is 0. The van der Waals surface area contributed by atoms with Crippen LogP contribution in [0.1, 0.15) is 5.82 Å². The van der Waals surface area contributed by atoms with Gasteiger partial charge in [-0.2, -0.15) is 0 Å². The Morgan fingerprint density at radius 3 is 2.55 bits per heavy atom. The minimum Gasteiger partial charge on any atom is -0.506 e. The van der Waals surface area contributed by atoms with Gasteiger partial charge in [0.1, 0.15) is 16.4 Å². The van der Waals surface area contributed by atoms with Crippen molar-refractivity contribution in [1.29, 1.82) is 0 Å². The predicted molar refractivity (Wildman–Crippen MR) is 126 cm³/mol. The van der Waals surface area contributed by atoms with Gasteiger partial charge in [0.05, 0.1) is 17.6 Å². The molecular weight excluding hydrogens is 432 g/mol. The molecule has 0 unspecified atom stereocenters. The minimum atomic E-state index is -0.112. The van der Waals surface area contributed by atoms with Crippen LogP contribution in [0.5, 0.6) is 5.75 Å². The SMILES string of the molecule is O=c1[nH]c(CN2CCN(c3ccccc3O)CC2)nc2scc(-c3ccc(Cl)cc3)c12. The van der Waals surface area contributed by atoms with E-state index in [0.29, 0.717) is 28.5 Å². The van der Waals surface area contributed by atoms with E-state index >= 15 is 0 Å². The van der Waals surface area contributed by atoms with Crippen LogP contribution >= 0.6 is 22.9 Å². The second-order valence-electron chi connectivity index (χ2n) is 7.60. The Balaban J connectivity index is 1.32. The third-order valence-corrected chi connectivity index (χ3v) is 6.74. The number of piperazine rings is 1. The van der Waals surface area contributed by atoms with Crippen molar-refractivity contribution in [2.45, 2.75) is 6.54 Å². The summed E-state index contributed by atoms with van der Waals surface area (Å²) in [4.78, 5) is 25.8. The number of halogens is 1. The molecule has 0 bridgehead atoms. The molecular formula is C23H21ClN4O2S. The predicted octanol–water partition coefficient (Wildman–Crippen LogP) is 4.33. The third kappa shape index (κ3) is 4.04. The topological polar surface area (TPSA) is 72.5 Å². The zero-order chi connectivity index (χ0) is 21.4. The molecule has 1 saturated heterocycles. The van der Waals surface area contributed by atoms with E-state index in [-0.39, 0.29) is 5.56 Å². The number of para-hydroxylation sites is 2. The molecule has 0 aliphatic carbocycles. The first-order valence-electron chi connectivity index (χ1n) is 10.1. The van der Waals surface area contributed by atoms with Crippen LogP contribution in [-0.2, 0) is 6.54 Å². The summed E-state index contributed by atoms with van der Waals surface area (Å²) < 4.78 is 0. The van der Waals surface area contributed by atoms with E-state index in [9.17, 15) is 9.90 Å². The van der Waals surface area contributed by atoms with Crippen molar-refractivity contribution in [3.05, 3.63) is 75.1 Å². The molecule has 0 radical (unpaired) electrons. The normalized spacial score (nSPS) is 14.9. The lowest BCUT2D eigenvalue weighted by molar-refractivity contribution is 0.243. The molecule has 4 aromatic rings. The first-order valence-corrected chi connectivity index (χ1v) is 11.4. The maximum atomic E-state index is 12.9. The highest BCUT2D eigenvalue weighted by atomic mass is 35.5. The van der Waals surface area contributed by atoms with E-state index in [1.165, 1.54) is 11.3 Å². The smallest absolute Gasteiger partial charge is 0.260 e. The summed E-state index contributed by atoms with van der Waals surface area (Å²) >= 11 is 7.47. The molecule has 2 N–H and O–H groups in total.